The number of fused-ring (bicyclic) bond motifs is 1. The summed E-state index contributed by atoms with van der Waals surface area (Å²) in [7, 11) is 0. The van der Waals surface area contributed by atoms with E-state index in [1.807, 2.05) is 0 Å². The molecule has 0 aliphatic rings. The van der Waals surface area contributed by atoms with E-state index in [9.17, 15) is 15.5 Å². The molecule has 0 N–H and O–H groups in total. The van der Waals surface area contributed by atoms with Crippen molar-refractivity contribution in [3.63, 3.8) is 0 Å². The molecular weight excluding hydrogens is 276 g/mol. The van der Waals surface area contributed by atoms with Gasteiger partial charge < -0.3 is 0 Å². The van der Waals surface area contributed by atoms with Gasteiger partial charge >= 0.3 is 85.5 Å². The van der Waals surface area contributed by atoms with E-state index < -0.39 is 24.1 Å². The Balaban J connectivity index is 2.83. The molecule has 2 rings (SSSR count). The Morgan fingerprint density at radius 2 is 1.80 bits per heavy atom. The first-order valence-electron chi connectivity index (χ1n) is 3.93. The predicted molar refractivity (Wildman–Crippen MR) is 51.2 cm³/mol. The van der Waals surface area contributed by atoms with Crippen LogP contribution in [0.25, 0.3) is 11.0 Å². The first kappa shape index (κ1) is 10.3. The Morgan fingerprint density at radius 3 is 2.47 bits per heavy atom. The third-order valence-corrected chi connectivity index (χ3v) is 3.53. The van der Waals surface area contributed by atoms with Crippen molar-refractivity contribution < 1.29 is 15.1 Å². The molecule has 0 spiro atoms. The summed E-state index contributed by atoms with van der Waals surface area (Å²) in [5.41, 5.74) is -0.808. The maximum absolute atomic E-state index is 12.5. The maximum atomic E-state index is 12.5. The van der Waals surface area contributed by atoms with E-state index in [1.54, 1.807) is 6.07 Å². The van der Waals surface area contributed by atoms with E-state index in [0.29, 0.717) is 6.26 Å². The number of hydrogen-bond donors (Lipinski definition) is 0. The third-order valence-electron chi connectivity index (χ3n) is 1.90. The summed E-state index contributed by atoms with van der Waals surface area (Å²) in [6.45, 7) is 0. The van der Waals surface area contributed by atoms with Crippen LogP contribution in [0.1, 0.15) is 0 Å². The monoisotopic (exact) mass is 282 g/mol. The Bertz CT molecular complexity index is 559. The normalized spacial score (nSPS) is 13.0. The second-order valence-corrected chi connectivity index (χ2v) is 5.46. The van der Waals surface area contributed by atoms with Gasteiger partial charge in [0, 0.05) is 0 Å². The van der Waals surface area contributed by atoms with Gasteiger partial charge in [-0.25, -0.2) is 0 Å². The zero-order valence-corrected chi connectivity index (χ0v) is 8.96. The average Bonchev–Trinajstić information content (AvgIpc) is 2.16. The fourth-order valence-corrected chi connectivity index (χ4v) is 2.22. The average molecular weight is 281 g/mol. The fourth-order valence-electron chi connectivity index (χ4n) is 1.22. The summed E-state index contributed by atoms with van der Waals surface area (Å²) in [6.07, 6.45) is 0.519. The molecule has 0 saturated heterocycles. The molecule has 0 radical (unpaired) electrons. The first-order valence-corrected chi connectivity index (χ1v) is 6.73. The standard InChI is InChI=1S/C9H5F3O2Se/c10-15(11,12)8-5-14-7-4-2-1-3-6(7)9(8)13/h1-5H. The topological polar surface area (TPSA) is 30.2 Å². The fraction of sp³-hybridized carbons (Fsp3) is 0. The van der Waals surface area contributed by atoms with E-state index in [4.69, 9.17) is 4.42 Å². The van der Waals surface area contributed by atoms with Crippen molar-refractivity contribution >= 4 is 29.6 Å². The Morgan fingerprint density at radius 1 is 1.13 bits per heavy atom. The van der Waals surface area contributed by atoms with Crippen molar-refractivity contribution in [1.29, 1.82) is 0 Å². The van der Waals surface area contributed by atoms with Crippen molar-refractivity contribution in [3.05, 3.63) is 40.8 Å². The quantitative estimate of drug-likeness (QED) is 0.747. The van der Waals surface area contributed by atoms with E-state index in [2.05, 4.69) is 0 Å². The van der Waals surface area contributed by atoms with Gasteiger partial charge in [0.1, 0.15) is 0 Å². The van der Waals surface area contributed by atoms with Gasteiger partial charge in [-0.1, -0.05) is 0 Å². The number of halogens is 3. The van der Waals surface area contributed by atoms with Gasteiger partial charge in [-0.15, -0.1) is 0 Å². The molecule has 1 aromatic carbocycles. The second-order valence-electron chi connectivity index (χ2n) is 2.83. The Kier molecular flexibility index (Phi) is 2.32. The minimum absolute atomic E-state index is 0.0236. The van der Waals surface area contributed by atoms with Gasteiger partial charge in [0.2, 0.25) is 0 Å². The minimum atomic E-state index is -6.28. The molecule has 0 bridgehead atoms. The summed E-state index contributed by atoms with van der Waals surface area (Å²) in [5, 5.41) is -0.0236. The van der Waals surface area contributed by atoms with E-state index in [-0.39, 0.29) is 11.0 Å². The molecule has 80 valence electrons. The number of hydrogen-bond acceptors (Lipinski definition) is 2. The predicted octanol–water partition coefficient (Wildman–Crippen LogP) is 1.85. The molecule has 1 heterocycles. The molecule has 2 nitrogen and oxygen atoms in total. The number of benzene rings is 1. The van der Waals surface area contributed by atoms with Gasteiger partial charge in [0.05, 0.1) is 0 Å². The molecule has 2 aromatic rings. The van der Waals surface area contributed by atoms with Crippen LogP contribution in [0.5, 0.6) is 0 Å². The van der Waals surface area contributed by atoms with Gasteiger partial charge in [-0.2, -0.15) is 0 Å². The molecule has 0 saturated carbocycles. The van der Waals surface area contributed by atoms with Gasteiger partial charge in [0.25, 0.3) is 0 Å². The van der Waals surface area contributed by atoms with Gasteiger partial charge in [0.15, 0.2) is 0 Å². The molecule has 0 atom stereocenters. The molecule has 6 heteroatoms. The van der Waals surface area contributed by atoms with Gasteiger partial charge in [-0.05, 0) is 0 Å². The van der Waals surface area contributed by atoms with Crippen molar-refractivity contribution in [2.75, 3.05) is 0 Å². The van der Waals surface area contributed by atoms with Crippen molar-refractivity contribution in [2.24, 2.45) is 0 Å². The van der Waals surface area contributed by atoms with Crippen LogP contribution in [0.15, 0.2) is 39.7 Å². The second kappa shape index (κ2) is 3.40. The molecule has 0 aliphatic heterocycles. The third kappa shape index (κ3) is 1.78. The van der Waals surface area contributed by atoms with Crippen LogP contribution in [0.4, 0.5) is 10.7 Å². The number of rotatable bonds is 1. The number of para-hydroxylation sites is 1. The Hall–Kier alpha value is -1.26. The van der Waals surface area contributed by atoms with E-state index in [0.717, 1.165) is 0 Å². The van der Waals surface area contributed by atoms with Crippen molar-refractivity contribution in [3.8, 4) is 0 Å². The molecular formula is C9H5F3O2Se. The van der Waals surface area contributed by atoms with Crippen LogP contribution in [0, 0.1) is 0 Å². The van der Waals surface area contributed by atoms with Crippen LogP contribution in [0.3, 0.4) is 0 Å². The Labute approximate surface area is 85.9 Å². The van der Waals surface area contributed by atoms with Crippen LogP contribution in [0.2, 0.25) is 0 Å². The first-order chi connectivity index (χ1) is 7.00. The van der Waals surface area contributed by atoms with Crippen molar-refractivity contribution in [2.45, 2.75) is 0 Å². The zero-order valence-electron chi connectivity index (χ0n) is 7.25. The summed E-state index contributed by atoms with van der Waals surface area (Å²) < 4.78 is 41.1. The van der Waals surface area contributed by atoms with E-state index >= 15 is 0 Å². The molecule has 0 fully saturated rings. The van der Waals surface area contributed by atoms with Gasteiger partial charge in [-0.3, -0.25) is 0 Å². The molecule has 0 aliphatic carbocycles. The SMILES string of the molecule is O=c1c([Se](F)(F)F)coc2ccccc12. The summed E-state index contributed by atoms with van der Waals surface area (Å²) in [6, 6.07) is 5.88. The van der Waals surface area contributed by atoms with Crippen LogP contribution >= 0.6 is 0 Å². The van der Waals surface area contributed by atoms with E-state index in [1.165, 1.54) is 18.2 Å². The summed E-state index contributed by atoms with van der Waals surface area (Å²) >= 11 is -6.28. The summed E-state index contributed by atoms with van der Waals surface area (Å²) in [5.74, 6) is 0. The molecule has 0 amide bonds. The zero-order chi connectivity index (χ0) is 11.1. The van der Waals surface area contributed by atoms with Crippen LogP contribution in [-0.2, 0) is 0 Å². The molecule has 1 aromatic heterocycles. The molecule has 0 unspecified atom stereocenters. The molecule has 15 heavy (non-hydrogen) atoms. The summed E-state index contributed by atoms with van der Waals surface area (Å²) in [4.78, 5) is 11.4. The van der Waals surface area contributed by atoms with Crippen molar-refractivity contribution in [1.82, 2.24) is 0 Å². The van der Waals surface area contributed by atoms with Crippen LogP contribution in [-0.4, -0.2) is 14.2 Å². The van der Waals surface area contributed by atoms with Crippen LogP contribution < -0.4 is 9.89 Å².